The van der Waals surface area contributed by atoms with Crippen molar-refractivity contribution in [2.24, 2.45) is 0 Å². The number of thiophene rings is 1. The van der Waals surface area contributed by atoms with Gasteiger partial charge in [0.2, 0.25) is 5.28 Å². The highest BCUT2D eigenvalue weighted by atomic mass is 35.5. The van der Waals surface area contributed by atoms with E-state index in [1.165, 1.54) is 11.3 Å². The van der Waals surface area contributed by atoms with Crippen LogP contribution in [0.1, 0.15) is 11.1 Å². The average Bonchev–Trinajstić information content (AvgIpc) is 2.81. The first-order chi connectivity index (χ1) is 9.54. The van der Waals surface area contributed by atoms with Crippen LogP contribution in [0.3, 0.4) is 0 Å². The van der Waals surface area contributed by atoms with E-state index in [2.05, 4.69) is 21.4 Å². The van der Waals surface area contributed by atoms with E-state index in [9.17, 15) is 0 Å². The molecule has 3 nitrogen and oxygen atoms in total. The molecule has 102 valence electrons. The van der Waals surface area contributed by atoms with Gasteiger partial charge in [0.15, 0.2) is 0 Å². The highest BCUT2D eigenvalue weighted by Gasteiger charge is 2.11. The number of hydrogen-bond acceptors (Lipinski definition) is 4. The first-order valence-electron chi connectivity index (χ1n) is 5.99. The molecule has 1 aromatic carbocycles. The van der Waals surface area contributed by atoms with Crippen LogP contribution < -0.4 is 5.32 Å². The maximum Gasteiger partial charge on any atom is 0.225 e. The van der Waals surface area contributed by atoms with Gasteiger partial charge in [-0.3, -0.25) is 0 Å². The van der Waals surface area contributed by atoms with Gasteiger partial charge in [-0.15, -0.1) is 11.3 Å². The van der Waals surface area contributed by atoms with Gasteiger partial charge in [0.05, 0.1) is 16.1 Å². The molecule has 0 fully saturated rings. The molecular formula is C14H11Cl2N3S. The molecule has 0 radical (unpaired) electrons. The molecule has 0 aliphatic rings. The number of anilines is 2. The van der Waals surface area contributed by atoms with Crippen molar-refractivity contribution >= 4 is 56.3 Å². The van der Waals surface area contributed by atoms with Crippen molar-refractivity contribution in [2.75, 3.05) is 5.32 Å². The summed E-state index contributed by atoms with van der Waals surface area (Å²) < 4.78 is 0. The molecule has 0 amide bonds. The Morgan fingerprint density at radius 1 is 1.15 bits per heavy atom. The second-order valence-electron chi connectivity index (χ2n) is 4.54. The summed E-state index contributed by atoms with van der Waals surface area (Å²) in [6.07, 6.45) is 0. The molecule has 0 unspecified atom stereocenters. The summed E-state index contributed by atoms with van der Waals surface area (Å²) in [5.74, 6) is 0.676. The molecule has 0 saturated carbocycles. The molecule has 6 heteroatoms. The summed E-state index contributed by atoms with van der Waals surface area (Å²) in [6, 6.07) is 5.96. The molecule has 1 N–H and O–H groups in total. The summed E-state index contributed by atoms with van der Waals surface area (Å²) in [6.45, 7) is 4.02. The fourth-order valence-corrected chi connectivity index (χ4v) is 3.47. The van der Waals surface area contributed by atoms with Crippen LogP contribution in [0.5, 0.6) is 0 Å². The van der Waals surface area contributed by atoms with Gasteiger partial charge in [-0.25, -0.2) is 4.98 Å². The zero-order chi connectivity index (χ0) is 14.3. The number of rotatable bonds is 2. The second kappa shape index (κ2) is 5.20. The minimum atomic E-state index is 0.225. The van der Waals surface area contributed by atoms with Crippen LogP contribution in [-0.4, -0.2) is 9.97 Å². The minimum absolute atomic E-state index is 0.225. The van der Waals surface area contributed by atoms with Crippen LogP contribution in [0.2, 0.25) is 10.3 Å². The molecule has 2 heterocycles. The van der Waals surface area contributed by atoms with E-state index >= 15 is 0 Å². The molecule has 0 aliphatic carbocycles. The highest BCUT2D eigenvalue weighted by molar-refractivity contribution is 7.16. The molecule has 0 aliphatic heterocycles. The van der Waals surface area contributed by atoms with Gasteiger partial charge in [0, 0.05) is 0 Å². The van der Waals surface area contributed by atoms with E-state index in [4.69, 9.17) is 23.2 Å². The van der Waals surface area contributed by atoms with Gasteiger partial charge in [-0.2, -0.15) is 4.98 Å². The molecule has 20 heavy (non-hydrogen) atoms. The Kier molecular flexibility index (Phi) is 3.54. The van der Waals surface area contributed by atoms with Gasteiger partial charge in [-0.05, 0) is 54.1 Å². The number of hydrogen-bond donors (Lipinski definition) is 1. The lowest BCUT2D eigenvalue weighted by Crippen LogP contribution is -1.99. The van der Waals surface area contributed by atoms with Crippen molar-refractivity contribution in [1.82, 2.24) is 9.97 Å². The summed E-state index contributed by atoms with van der Waals surface area (Å²) in [5, 5.41) is 7.07. The monoisotopic (exact) mass is 323 g/mol. The Morgan fingerprint density at radius 3 is 2.70 bits per heavy atom. The predicted octanol–water partition coefficient (Wildman–Crippen LogP) is 5.36. The van der Waals surface area contributed by atoms with Gasteiger partial charge in [0.1, 0.15) is 10.6 Å². The van der Waals surface area contributed by atoms with Crippen molar-refractivity contribution in [2.45, 2.75) is 13.8 Å². The van der Waals surface area contributed by atoms with Gasteiger partial charge < -0.3 is 5.32 Å². The Balaban J connectivity index is 2.12. The summed E-state index contributed by atoms with van der Waals surface area (Å²) in [4.78, 5) is 9.32. The zero-order valence-corrected chi connectivity index (χ0v) is 13.2. The lowest BCUT2D eigenvalue weighted by Gasteiger charge is -2.12. The zero-order valence-electron chi connectivity index (χ0n) is 10.9. The van der Waals surface area contributed by atoms with E-state index in [1.54, 1.807) is 0 Å². The number of nitrogens with one attached hydrogen (secondary N) is 1. The van der Waals surface area contributed by atoms with E-state index in [0.717, 1.165) is 27.0 Å². The average molecular weight is 324 g/mol. The summed E-state index contributed by atoms with van der Waals surface area (Å²) in [7, 11) is 0. The molecule has 0 bridgehead atoms. The number of fused-ring (bicyclic) bond motifs is 1. The maximum atomic E-state index is 6.31. The van der Waals surface area contributed by atoms with Crippen LogP contribution in [0.4, 0.5) is 11.5 Å². The normalized spacial score (nSPS) is 11.0. The van der Waals surface area contributed by atoms with E-state index in [1.807, 2.05) is 31.4 Å². The van der Waals surface area contributed by atoms with Crippen molar-refractivity contribution in [3.8, 4) is 0 Å². The van der Waals surface area contributed by atoms with Crippen molar-refractivity contribution < 1.29 is 0 Å². The molecular weight excluding hydrogens is 313 g/mol. The highest BCUT2D eigenvalue weighted by Crippen LogP contribution is 2.33. The van der Waals surface area contributed by atoms with E-state index in [-0.39, 0.29) is 5.28 Å². The topological polar surface area (TPSA) is 37.8 Å². The fraction of sp³-hybridized carbons (Fsp3) is 0.143. The SMILES string of the molecule is Cc1cc(C)c(Nc2nc(Cl)nc3sccc23)c(Cl)c1. The molecule has 0 atom stereocenters. The molecule has 2 aromatic heterocycles. The third-order valence-corrected chi connectivity index (χ3v) is 4.25. The Labute approximate surface area is 130 Å². The number of benzene rings is 1. The number of nitrogens with zero attached hydrogens (tertiary/aromatic N) is 2. The standard InChI is InChI=1S/C14H11Cl2N3S/c1-7-5-8(2)11(10(15)6-7)17-12-9-3-4-20-13(9)19-14(16)18-12/h3-6H,1-2H3,(H,17,18,19). The van der Waals surface area contributed by atoms with Crippen LogP contribution in [0, 0.1) is 13.8 Å². The van der Waals surface area contributed by atoms with Crippen molar-refractivity contribution in [1.29, 1.82) is 0 Å². The van der Waals surface area contributed by atoms with Crippen molar-refractivity contribution in [3.63, 3.8) is 0 Å². The van der Waals surface area contributed by atoms with Gasteiger partial charge in [-0.1, -0.05) is 17.7 Å². The number of halogens is 2. The van der Waals surface area contributed by atoms with Crippen LogP contribution >= 0.6 is 34.5 Å². The Hall–Kier alpha value is -1.36. The second-order valence-corrected chi connectivity index (χ2v) is 6.18. The number of aromatic nitrogens is 2. The summed E-state index contributed by atoms with van der Waals surface area (Å²) >= 11 is 13.8. The first-order valence-corrected chi connectivity index (χ1v) is 7.62. The number of aryl methyl sites for hydroxylation is 2. The molecule has 3 rings (SSSR count). The maximum absolute atomic E-state index is 6.31. The summed E-state index contributed by atoms with van der Waals surface area (Å²) in [5.41, 5.74) is 3.03. The Morgan fingerprint density at radius 2 is 1.95 bits per heavy atom. The lowest BCUT2D eigenvalue weighted by atomic mass is 10.1. The largest absolute Gasteiger partial charge is 0.338 e. The first kappa shape index (κ1) is 13.6. The lowest BCUT2D eigenvalue weighted by molar-refractivity contribution is 1.22. The van der Waals surface area contributed by atoms with Crippen LogP contribution in [0.25, 0.3) is 10.2 Å². The molecule has 0 spiro atoms. The minimum Gasteiger partial charge on any atom is -0.338 e. The predicted molar refractivity (Wildman–Crippen MR) is 86.6 cm³/mol. The fourth-order valence-electron chi connectivity index (χ4n) is 2.12. The third kappa shape index (κ3) is 2.46. The van der Waals surface area contributed by atoms with Gasteiger partial charge in [0.25, 0.3) is 0 Å². The van der Waals surface area contributed by atoms with Crippen LogP contribution in [-0.2, 0) is 0 Å². The molecule has 0 saturated heterocycles. The van der Waals surface area contributed by atoms with Crippen molar-refractivity contribution in [3.05, 3.63) is 45.0 Å². The smallest absolute Gasteiger partial charge is 0.225 e. The van der Waals surface area contributed by atoms with Gasteiger partial charge >= 0.3 is 0 Å². The third-order valence-electron chi connectivity index (χ3n) is 2.97. The van der Waals surface area contributed by atoms with Crippen LogP contribution in [0.15, 0.2) is 23.6 Å². The quantitative estimate of drug-likeness (QED) is 0.645. The Bertz CT molecular complexity index is 775. The van der Waals surface area contributed by atoms with E-state index < -0.39 is 0 Å². The molecule has 3 aromatic rings. The van der Waals surface area contributed by atoms with E-state index in [0.29, 0.717) is 10.8 Å².